The zero-order valence-electron chi connectivity index (χ0n) is 16.8. The SMILES string of the molecule is Cc1ccc(S(=O)(=O)OC[C@H]2C[C@@H]3c4cccc5[nH]cc(c45)C[C@H]3N(C)C2)cc1. The van der Waals surface area contributed by atoms with Gasteiger partial charge in [0.05, 0.1) is 11.5 Å². The maximum absolute atomic E-state index is 12.6. The van der Waals surface area contributed by atoms with Gasteiger partial charge in [-0.05, 0) is 62.1 Å². The number of hydrogen-bond acceptors (Lipinski definition) is 4. The summed E-state index contributed by atoms with van der Waals surface area (Å²) in [5, 5.41) is 1.36. The fourth-order valence-electron chi connectivity index (χ4n) is 5.13. The molecule has 2 aromatic carbocycles. The van der Waals surface area contributed by atoms with E-state index in [1.807, 2.05) is 6.92 Å². The molecule has 0 bridgehead atoms. The number of rotatable bonds is 4. The van der Waals surface area contributed by atoms with Crippen molar-refractivity contribution in [1.82, 2.24) is 9.88 Å². The van der Waals surface area contributed by atoms with Crippen LogP contribution in [0.4, 0.5) is 0 Å². The number of fused-ring (bicyclic) bond motifs is 2. The van der Waals surface area contributed by atoms with Gasteiger partial charge in [0.25, 0.3) is 10.1 Å². The summed E-state index contributed by atoms with van der Waals surface area (Å²) in [7, 11) is -1.58. The van der Waals surface area contributed by atoms with Crippen LogP contribution in [-0.2, 0) is 20.7 Å². The van der Waals surface area contributed by atoms with Gasteiger partial charge in [-0.25, -0.2) is 0 Å². The van der Waals surface area contributed by atoms with Crippen molar-refractivity contribution in [2.45, 2.75) is 36.6 Å². The van der Waals surface area contributed by atoms with Gasteiger partial charge in [0.15, 0.2) is 0 Å². The highest BCUT2D eigenvalue weighted by molar-refractivity contribution is 7.86. The van der Waals surface area contributed by atoms with E-state index in [0.717, 1.165) is 24.9 Å². The number of benzene rings is 2. The topological polar surface area (TPSA) is 62.4 Å². The third kappa shape index (κ3) is 3.29. The van der Waals surface area contributed by atoms with Crippen LogP contribution in [0.1, 0.15) is 29.0 Å². The number of piperidine rings is 1. The van der Waals surface area contributed by atoms with Gasteiger partial charge in [0.2, 0.25) is 0 Å². The molecule has 0 radical (unpaired) electrons. The van der Waals surface area contributed by atoms with E-state index in [2.05, 4.69) is 41.3 Å². The second-order valence-corrected chi connectivity index (χ2v) is 10.2. The Labute approximate surface area is 171 Å². The summed E-state index contributed by atoms with van der Waals surface area (Å²) in [5.41, 5.74) is 4.99. The van der Waals surface area contributed by atoms with E-state index in [1.165, 1.54) is 22.0 Å². The maximum atomic E-state index is 12.6. The van der Waals surface area contributed by atoms with Crippen LogP contribution in [0.5, 0.6) is 0 Å². The zero-order chi connectivity index (χ0) is 20.2. The van der Waals surface area contributed by atoms with Crippen molar-refractivity contribution >= 4 is 21.0 Å². The summed E-state index contributed by atoms with van der Waals surface area (Å²) in [4.78, 5) is 6.01. The third-order valence-corrected chi connectivity index (χ3v) is 7.88. The number of aromatic amines is 1. The molecule has 3 atom stereocenters. The number of nitrogens with one attached hydrogen (secondary N) is 1. The first-order valence-corrected chi connectivity index (χ1v) is 11.6. The molecule has 3 aromatic rings. The molecule has 0 unspecified atom stereocenters. The van der Waals surface area contributed by atoms with Crippen molar-refractivity contribution in [2.24, 2.45) is 5.92 Å². The molecule has 5 rings (SSSR count). The van der Waals surface area contributed by atoms with Crippen LogP contribution < -0.4 is 0 Å². The highest BCUT2D eigenvalue weighted by Crippen LogP contribution is 2.44. The molecule has 1 aliphatic heterocycles. The van der Waals surface area contributed by atoms with E-state index in [-0.39, 0.29) is 17.4 Å². The average Bonchev–Trinajstić information content (AvgIpc) is 3.12. The first-order valence-electron chi connectivity index (χ1n) is 10.2. The smallest absolute Gasteiger partial charge is 0.296 e. The van der Waals surface area contributed by atoms with Gasteiger partial charge in [-0.1, -0.05) is 29.8 Å². The lowest BCUT2D eigenvalue weighted by Gasteiger charge is -2.45. The lowest BCUT2D eigenvalue weighted by molar-refractivity contribution is 0.0854. The predicted molar refractivity (Wildman–Crippen MR) is 114 cm³/mol. The third-order valence-electron chi connectivity index (χ3n) is 6.58. The van der Waals surface area contributed by atoms with Gasteiger partial charge in [-0.3, -0.25) is 4.18 Å². The molecule has 1 fully saturated rings. The maximum Gasteiger partial charge on any atom is 0.296 e. The molecular formula is C23H26N2O3S. The van der Waals surface area contributed by atoms with E-state index in [4.69, 9.17) is 4.18 Å². The Kier molecular flexibility index (Phi) is 4.53. The minimum absolute atomic E-state index is 0.178. The predicted octanol–water partition coefficient (Wildman–Crippen LogP) is 3.84. The van der Waals surface area contributed by atoms with E-state index < -0.39 is 10.1 Å². The monoisotopic (exact) mass is 410 g/mol. The molecule has 152 valence electrons. The van der Waals surface area contributed by atoms with E-state index in [1.54, 1.807) is 24.3 Å². The second kappa shape index (κ2) is 6.97. The molecule has 2 aliphatic rings. The Morgan fingerprint density at radius 2 is 1.97 bits per heavy atom. The lowest BCUT2D eigenvalue weighted by Crippen LogP contribution is -2.48. The molecule has 0 saturated carbocycles. The summed E-state index contributed by atoms with van der Waals surface area (Å²) in [6, 6.07) is 13.8. The van der Waals surface area contributed by atoms with Crippen molar-refractivity contribution in [2.75, 3.05) is 20.2 Å². The van der Waals surface area contributed by atoms with E-state index in [0.29, 0.717) is 12.0 Å². The number of hydrogen-bond donors (Lipinski definition) is 1. The second-order valence-electron chi connectivity index (χ2n) is 8.55. The molecule has 1 aromatic heterocycles. The molecule has 0 spiro atoms. The largest absolute Gasteiger partial charge is 0.361 e. The van der Waals surface area contributed by atoms with Crippen LogP contribution in [-0.4, -0.2) is 44.5 Å². The quantitative estimate of drug-likeness (QED) is 0.664. The fourth-order valence-corrected chi connectivity index (χ4v) is 6.11. The Bertz CT molecular complexity index is 1150. The Balaban J connectivity index is 1.36. The van der Waals surface area contributed by atoms with Gasteiger partial charge in [0, 0.05) is 35.6 Å². The molecule has 1 N–H and O–H groups in total. The summed E-state index contributed by atoms with van der Waals surface area (Å²) >= 11 is 0. The van der Waals surface area contributed by atoms with E-state index >= 15 is 0 Å². The van der Waals surface area contributed by atoms with Gasteiger partial charge in [-0.15, -0.1) is 0 Å². The summed E-state index contributed by atoms with van der Waals surface area (Å²) < 4.78 is 30.7. The van der Waals surface area contributed by atoms with Crippen molar-refractivity contribution in [3.63, 3.8) is 0 Å². The van der Waals surface area contributed by atoms with Gasteiger partial charge in [-0.2, -0.15) is 8.42 Å². The zero-order valence-corrected chi connectivity index (χ0v) is 17.6. The molecule has 29 heavy (non-hydrogen) atoms. The fraction of sp³-hybridized carbons (Fsp3) is 0.391. The molecule has 6 heteroatoms. The van der Waals surface area contributed by atoms with Crippen molar-refractivity contribution in [3.8, 4) is 0 Å². The lowest BCUT2D eigenvalue weighted by atomic mass is 9.72. The highest BCUT2D eigenvalue weighted by Gasteiger charge is 2.39. The van der Waals surface area contributed by atoms with Crippen LogP contribution in [0.2, 0.25) is 0 Å². The Morgan fingerprint density at radius 1 is 1.17 bits per heavy atom. The van der Waals surface area contributed by atoms with Crippen LogP contribution in [0.3, 0.4) is 0 Å². The van der Waals surface area contributed by atoms with Gasteiger partial charge in [0.1, 0.15) is 0 Å². The summed E-state index contributed by atoms with van der Waals surface area (Å²) in [6.07, 6.45) is 4.12. The molecule has 5 nitrogen and oxygen atoms in total. The summed E-state index contributed by atoms with van der Waals surface area (Å²) in [5.74, 6) is 0.577. The number of H-pyrrole nitrogens is 1. The normalized spacial score (nSPS) is 24.6. The molecule has 2 heterocycles. The number of nitrogens with zero attached hydrogens (tertiary/aromatic N) is 1. The van der Waals surface area contributed by atoms with Crippen LogP contribution in [0, 0.1) is 12.8 Å². The number of likely N-dealkylation sites (tertiary alicyclic amines) is 1. The molecule has 0 amide bonds. The standard InChI is InChI=1S/C23H26N2O3S/c1-15-6-8-18(9-7-15)29(26,27)28-14-16-10-20-19-4-3-5-21-23(19)17(12-24-21)11-22(20)25(2)13-16/h3-9,12,16,20,22,24H,10-11,13-14H2,1-2H3/t16-,20+,22+/m0/s1. The minimum atomic E-state index is -3.73. The Morgan fingerprint density at radius 3 is 2.76 bits per heavy atom. The number of aryl methyl sites for hydroxylation is 1. The number of aromatic nitrogens is 1. The van der Waals surface area contributed by atoms with Crippen LogP contribution >= 0.6 is 0 Å². The van der Waals surface area contributed by atoms with E-state index in [9.17, 15) is 8.42 Å². The summed E-state index contributed by atoms with van der Waals surface area (Å²) in [6.45, 7) is 3.01. The van der Waals surface area contributed by atoms with Crippen molar-refractivity contribution < 1.29 is 12.6 Å². The average molecular weight is 411 g/mol. The molecule has 1 aliphatic carbocycles. The minimum Gasteiger partial charge on any atom is -0.361 e. The van der Waals surface area contributed by atoms with Crippen LogP contribution in [0.25, 0.3) is 10.9 Å². The van der Waals surface area contributed by atoms with Crippen LogP contribution in [0.15, 0.2) is 53.6 Å². The highest BCUT2D eigenvalue weighted by atomic mass is 32.2. The van der Waals surface area contributed by atoms with Gasteiger partial charge < -0.3 is 9.88 Å². The molecular weight excluding hydrogens is 384 g/mol. The first kappa shape index (κ1) is 18.9. The van der Waals surface area contributed by atoms with Crippen molar-refractivity contribution in [3.05, 3.63) is 65.4 Å². The number of likely N-dealkylation sites (N-methyl/N-ethyl adjacent to an activating group) is 1. The van der Waals surface area contributed by atoms with Crippen molar-refractivity contribution in [1.29, 1.82) is 0 Å². The molecule has 1 saturated heterocycles. The Hall–Kier alpha value is -2.15. The first-order chi connectivity index (χ1) is 13.9. The van der Waals surface area contributed by atoms with Gasteiger partial charge >= 0.3 is 0 Å².